The van der Waals surface area contributed by atoms with E-state index in [4.69, 9.17) is 28.4 Å². The van der Waals surface area contributed by atoms with Crippen LogP contribution in [-0.4, -0.2) is 84.2 Å². The fourth-order valence-electron chi connectivity index (χ4n) is 3.65. The van der Waals surface area contributed by atoms with E-state index in [-0.39, 0.29) is 6.61 Å². The number of hydrogen-bond donors (Lipinski definition) is 2. The second-order valence-corrected chi connectivity index (χ2v) is 8.50. The number of rotatable bonds is 11. The summed E-state index contributed by atoms with van der Waals surface area (Å²) in [7, 11) is 0. The van der Waals surface area contributed by atoms with Crippen LogP contribution in [0.5, 0.6) is 0 Å². The first-order valence-electron chi connectivity index (χ1n) is 11.9. The summed E-state index contributed by atoms with van der Waals surface area (Å²) in [5, 5.41) is 12.5. The Labute approximate surface area is 223 Å². The lowest BCUT2D eigenvalue weighted by Gasteiger charge is -2.44. The molecule has 0 bridgehead atoms. The van der Waals surface area contributed by atoms with Gasteiger partial charge < -0.3 is 38.8 Å². The van der Waals surface area contributed by atoms with Crippen LogP contribution in [0.25, 0.3) is 0 Å². The summed E-state index contributed by atoms with van der Waals surface area (Å²) in [6.07, 6.45) is -9.85. The van der Waals surface area contributed by atoms with E-state index in [0.29, 0.717) is 5.56 Å². The van der Waals surface area contributed by atoms with Crippen molar-refractivity contribution in [1.82, 2.24) is 5.32 Å². The molecular formula is C25H31NO13. The Bertz CT molecular complexity index is 1040. The average molecular weight is 554 g/mol. The maximum atomic E-state index is 12.7. The van der Waals surface area contributed by atoms with E-state index >= 15 is 0 Å². The SMILES string of the molecule is CC(=O)OC[C@H]1O[C@@H](NC(=O)C[C@H](O)C(=O)OCc2ccccc2)[C@H](OC(C)=O)[C@@H](OC(C)=O)[C@@H]1OC(C)=O. The van der Waals surface area contributed by atoms with Crippen molar-refractivity contribution in [3.63, 3.8) is 0 Å². The molecule has 6 atom stereocenters. The van der Waals surface area contributed by atoms with Gasteiger partial charge in [-0.2, -0.15) is 0 Å². The minimum atomic E-state index is -1.85. The summed E-state index contributed by atoms with van der Waals surface area (Å²) in [5.74, 6) is -5.21. The number of amides is 1. The van der Waals surface area contributed by atoms with Gasteiger partial charge in [-0.15, -0.1) is 0 Å². The third kappa shape index (κ3) is 10.3. The van der Waals surface area contributed by atoms with Crippen LogP contribution in [0.2, 0.25) is 0 Å². The highest BCUT2D eigenvalue weighted by atomic mass is 16.7. The van der Waals surface area contributed by atoms with E-state index < -0.39 is 85.5 Å². The first-order chi connectivity index (χ1) is 18.4. The number of nitrogens with one attached hydrogen (secondary N) is 1. The third-order valence-corrected chi connectivity index (χ3v) is 5.17. The molecule has 1 heterocycles. The second kappa shape index (κ2) is 14.8. The van der Waals surface area contributed by atoms with Crippen LogP contribution in [0, 0.1) is 0 Å². The number of esters is 5. The van der Waals surface area contributed by atoms with Crippen molar-refractivity contribution in [3.8, 4) is 0 Å². The molecule has 1 fully saturated rings. The van der Waals surface area contributed by atoms with Gasteiger partial charge >= 0.3 is 29.8 Å². The lowest BCUT2D eigenvalue weighted by molar-refractivity contribution is -0.257. The molecule has 1 aliphatic rings. The van der Waals surface area contributed by atoms with Crippen molar-refractivity contribution in [1.29, 1.82) is 0 Å². The molecule has 14 nitrogen and oxygen atoms in total. The Hall–Kier alpha value is -4.04. The first kappa shape index (κ1) is 31.2. The van der Waals surface area contributed by atoms with Gasteiger partial charge in [-0.3, -0.25) is 24.0 Å². The molecule has 1 aromatic rings. The van der Waals surface area contributed by atoms with Gasteiger partial charge in [0.05, 0.1) is 6.42 Å². The first-order valence-corrected chi connectivity index (χ1v) is 11.9. The van der Waals surface area contributed by atoms with Crippen LogP contribution in [0.15, 0.2) is 30.3 Å². The average Bonchev–Trinajstić information content (AvgIpc) is 2.84. The van der Waals surface area contributed by atoms with E-state index in [9.17, 15) is 33.9 Å². The fraction of sp³-hybridized carbons (Fsp3) is 0.520. The topological polar surface area (TPSA) is 190 Å². The molecule has 1 saturated heterocycles. The molecule has 0 radical (unpaired) electrons. The number of hydrogen-bond acceptors (Lipinski definition) is 13. The summed E-state index contributed by atoms with van der Waals surface area (Å²) in [6, 6.07) is 8.66. The van der Waals surface area contributed by atoms with E-state index in [0.717, 1.165) is 27.7 Å². The lowest BCUT2D eigenvalue weighted by atomic mass is 9.97. The largest absolute Gasteiger partial charge is 0.463 e. The van der Waals surface area contributed by atoms with Crippen LogP contribution < -0.4 is 5.32 Å². The number of benzene rings is 1. The van der Waals surface area contributed by atoms with Gasteiger partial charge in [-0.05, 0) is 5.56 Å². The number of aliphatic hydroxyl groups is 1. The number of carbonyl (C=O) groups excluding carboxylic acids is 6. The Morgan fingerprint density at radius 3 is 1.95 bits per heavy atom. The van der Waals surface area contributed by atoms with E-state index in [1.165, 1.54) is 0 Å². The predicted molar refractivity (Wildman–Crippen MR) is 127 cm³/mol. The molecule has 214 valence electrons. The molecule has 0 saturated carbocycles. The Balaban J connectivity index is 2.20. The minimum Gasteiger partial charge on any atom is -0.463 e. The molecule has 14 heteroatoms. The number of ether oxygens (including phenoxy) is 6. The molecule has 0 aliphatic carbocycles. The van der Waals surface area contributed by atoms with Gasteiger partial charge in [0.25, 0.3) is 0 Å². The monoisotopic (exact) mass is 553 g/mol. The number of carbonyl (C=O) groups is 6. The molecule has 39 heavy (non-hydrogen) atoms. The predicted octanol–water partition coefficient (Wildman–Crippen LogP) is -0.320. The summed E-state index contributed by atoms with van der Waals surface area (Å²) in [6.45, 7) is 3.67. The molecule has 1 aromatic carbocycles. The molecular weight excluding hydrogens is 522 g/mol. The van der Waals surface area contributed by atoms with Gasteiger partial charge in [-0.25, -0.2) is 4.79 Å². The van der Waals surface area contributed by atoms with Gasteiger partial charge in [-0.1, -0.05) is 30.3 Å². The van der Waals surface area contributed by atoms with Crippen LogP contribution in [0.3, 0.4) is 0 Å². The molecule has 0 aromatic heterocycles. The van der Waals surface area contributed by atoms with E-state index in [1.807, 2.05) is 0 Å². The van der Waals surface area contributed by atoms with Crippen molar-refractivity contribution in [3.05, 3.63) is 35.9 Å². The van der Waals surface area contributed by atoms with E-state index in [2.05, 4.69) is 5.32 Å². The summed E-state index contributed by atoms with van der Waals surface area (Å²) in [4.78, 5) is 71.7. The van der Waals surface area contributed by atoms with E-state index in [1.54, 1.807) is 30.3 Å². The second-order valence-electron chi connectivity index (χ2n) is 8.50. The van der Waals surface area contributed by atoms with Gasteiger partial charge in [0.15, 0.2) is 30.6 Å². The molecule has 0 spiro atoms. The third-order valence-electron chi connectivity index (χ3n) is 5.17. The summed E-state index contributed by atoms with van der Waals surface area (Å²) in [5.41, 5.74) is 0.667. The molecule has 0 unspecified atom stereocenters. The highest BCUT2D eigenvalue weighted by molar-refractivity contribution is 5.84. The Kier molecular flexibility index (Phi) is 11.8. The van der Waals surface area contributed by atoms with Crippen LogP contribution >= 0.6 is 0 Å². The molecule has 2 rings (SSSR count). The molecule has 1 aliphatic heterocycles. The van der Waals surface area contributed by atoms with Gasteiger partial charge in [0, 0.05) is 27.7 Å². The van der Waals surface area contributed by atoms with Crippen LogP contribution in [-0.2, 0) is 63.8 Å². The minimum absolute atomic E-state index is 0.127. The zero-order valence-corrected chi connectivity index (χ0v) is 21.8. The summed E-state index contributed by atoms with van der Waals surface area (Å²) < 4.78 is 31.5. The lowest BCUT2D eigenvalue weighted by Crippen LogP contribution is -2.66. The van der Waals surface area contributed by atoms with Crippen LogP contribution in [0.4, 0.5) is 0 Å². The zero-order valence-electron chi connectivity index (χ0n) is 21.8. The van der Waals surface area contributed by atoms with Crippen molar-refractivity contribution < 1.29 is 62.3 Å². The standard InChI is InChI=1S/C25H31NO13/c1-13(27)34-12-19-21(36-14(2)28)22(37-15(3)29)23(38-16(4)30)24(39-19)26-20(32)10-18(31)25(33)35-11-17-8-6-5-7-9-17/h5-9,18-19,21-24,31H,10-12H2,1-4H3,(H,26,32)/t18-,19+,21+,22-,23+,24+/m0/s1. The zero-order chi connectivity index (χ0) is 29.1. The highest BCUT2D eigenvalue weighted by Gasteiger charge is 2.52. The fourth-order valence-corrected chi connectivity index (χ4v) is 3.65. The Morgan fingerprint density at radius 1 is 0.821 bits per heavy atom. The van der Waals surface area contributed by atoms with Crippen molar-refractivity contribution in [2.75, 3.05) is 6.61 Å². The van der Waals surface area contributed by atoms with Gasteiger partial charge in [0.2, 0.25) is 5.91 Å². The molecule has 2 N–H and O–H groups in total. The highest BCUT2D eigenvalue weighted by Crippen LogP contribution is 2.28. The molecule has 1 amide bonds. The normalized spacial score (nSPS) is 22.9. The maximum Gasteiger partial charge on any atom is 0.335 e. The van der Waals surface area contributed by atoms with Crippen molar-refractivity contribution >= 4 is 35.8 Å². The van der Waals surface area contributed by atoms with Crippen LogP contribution in [0.1, 0.15) is 39.7 Å². The van der Waals surface area contributed by atoms with Gasteiger partial charge in [0.1, 0.15) is 19.3 Å². The Morgan fingerprint density at radius 2 is 1.38 bits per heavy atom. The van der Waals surface area contributed by atoms with Crippen molar-refractivity contribution in [2.45, 2.75) is 77.5 Å². The smallest absolute Gasteiger partial charge is 0.335 e. The van der Waals surface area contributed by atoms with Crippen molar-refractivity contribution in [2.24, 2.45) is 0 Å². The number of aliphatic hydroxyl groups excluding tert-OH is 1. The summed E-state index contributed by atoms with van der Waals surface area (Å²) >= 11 is 0. The quantitative estimate of drug-likeness (QED) is 0.268. The maximum absolute atomic E-state index is 12.7.